The molecule has 3 rings (SSSR count). The van der Waals surface area contributed by atoms with Crippen molar-refractivity contribution in [3.63, 3.8) is 0 Å². The van der Waals surface area contributed by atoms with Crippen LogP contribution in [0.2, 0.25) is 0 Å². The number of rotatable bonds is 14. The van der Waals surface area contributed by atoms with E-state index in [0.29, 0.717) is 19.5 Å². The van der Waals surface area contributed by atoms with Crippen molar-refractivity contribution < 1.29 is 9.59 Å². The molecule has 0 aliphatic heterocycles. The van der Waals surface area contributed by atoms with Gasteiger partial charge in [0.2, 0.25) is 11.8 Å². The van der Waals surface area contributed by atoms with Crippen LogP contribution >= 0.6 is 0 Å². The quantitative estimate of drug-likeness (QED) is 0.294. The highest BCUT2D eigenvalue weighted by molar-refractivity contribution is 5.85. The molecule has 1 heterocycles. The number of hydrogen-bond donors (Lipinski definition) is 0. The van der Waals surface area contributed by atoms with Gasteiger partial charge in [-0.3, -0.25) is 9.59 Å². The Balaban J connectivity index is 1.75. The third-order valence-corrected chi connectivity index (χ3v) is 7.24. The highest BCUT2D eigenvalue weighted by Crippen LogP contribution is 2.25. The van der Waals surface area contributed by atoms with E-state index in [4.69, 9.17) is 0 Å². The molecule has 0 radical (unpaired) electrons. The minimum absolute atomic E-state index is 0.103. The molecule has 1 aliphatic carbocycles. The fourth-order valence-electron chi connectivity index (χ4n) is 5.10. The molecule has 192 valence electrons. The van der Waals surface area contributed by atoms with Gasteiger partial charge in [-0.15, -0.1) is 0 Å². The summed E-state index contributed by atoms with van der Waals surface area (Å²) in [4.78, 5) is 30.7. The van der Waals surface area contributed by atoms with Gasteiger partial charge in [-0.1, -0.05) is 82.7 Å². The SMILES string of the molecule is CCCCCN(CC(=O)N(Cc1cccn1Cc1ccccc1)C1CCCCC1)C(=O)CCCC. The summed E-state index contributed by atoms with van der Waals surface area (Å²) in [7, 11) is 0. The van der Waals surface area contributed by atoms with Gasteiger partial charge in [-0.05, 0) is 43.4 Å². The largest absolute Gasteiger partial charge is 0.345 e. The minimum atomic E-state index is 0.103. The number of unbranched alkanes of at least 4 members (excludes halogenated alkanes) is 3. The summed E-state index contributed by atoms with van der Waals surface area (Å²) >= 11 is 0. The highest BCUT2D eigenvalue weighted by Gasteiger charge is 2.28. The number of hydrogen-bond acceptors (Lipinski definition) is 2. The molecule has 1 saturated carbocycles. The molecular weight excluding hydrogens is 434 g/mol. The molecule has 1 aromatic heterocycles. The third kappa shape index (κ3) is 8.55. The third-order valence-electron chi connectivity index (χ3n) is 7.24. The Kier molecular flexibility index (Phi) is 11.4. The summed E-state index contributed by atoms with van der Waals surface area (Å²) in [5.74, 6) is 0.234. The first-order valence-electron chi connectivity index (χ1n) is 13.9. The molecule has 1 aliphatic rings. The van der Waals surface area contributed by atoms with Gasteiger partial charge in [0.1, 0.15) is 0 Å². The lowest BCUT2D eigenvalue weighted by molar-refractivity contribution is -0.143. The Labute approximate surface area is 212 Å². The van der Waals surface area contributed by atoms with E-state index in [1.807, 2.05) is 11.0 Å². The van der Waals surface area contributed by atoms with E-state index >= 15 is 0 Å². The van der Waals surface area contributed by atoms with E-state index in [1.54, 1.807) is 0 Å². The molecule has 0 saturated heterocycles. The van der Waals surface area contributed by atoms with Crippen molar-refractivity contribution in [3.8, 4) is 0 Å². The standard InChI is InChI=1S/C30H45N3O2/c1-3-5-13-21-32(29(34)20-6-4-2)25-30(35)33(27-17-11-8-12-18-27)24-28-19-14-22-31(28)23-26-15-9-7-10-16-26/h7,9-10,14-16,19,22,27H,3-6,8,11-13,17-18,20-21,23-25H2,1-2H3. The molecule has 0 unspecified atom stereocenters. The summed E-state index contributed by atoms with van der Waals surface area (Å²) in [6.45, 7) is 6.58. The van der Waals surface area contributed by atoms with E-state index in [9.17, 15) is 9.59 Å². The van der Waals surface area contributed by atoms with E-state index in [1.165, 1.54) is 24.8 Å². The van der Waals surface area contributed by atoms with Crippen LogP contribution in [0.25, 0.3) is 0 Å². The Bertz CT molecular complexity index is 886. The van der Waals surface area contributed by atoms with Crippen LogP contribution < -0.4 is 0 Å². The minimum Gasteiger partial charge on any atom is -0.345 e. The lowest BCUT2D eigenvalue weighted by Crippen LogP contribution is -2.47. The second-order valence-electron chi connectivity index (χ2n) is 10.1. The number of benzene rings is 1. The van der Waals surface area contributed by atoms with E-state index in [2.05, 4.69) is 65.9 Å². The van der Waals surface area contributed by atoms with Crippen LogP contribution in [0.15, 0.2) is 48.7 Å². The zero-order valence-electron chi connectivity index (χ0n) is 22.0. The fourth-order valence-corrected chi connectivity index (χ4v) is 5.10. The van der Waals surface area contributed by atoms with Crippen LogP contribution in [0.3, 0.4) is 0 Å². The van der Waals surface area contributed by atoms with Gasteiger partial charge in [0.25, 0.3) is 0 Å². The van der Waals surface area contributed by atoms with E-state index < -0.39 is 0 Å². The fraction of sp³-hybridized carbons (Fsp3) is 0.600. The summed E-state index contributed by atoms with van der Waals surface area (Å²) in [6, 6.07) is 14.9. The van der Waals surface area contributed by atoms with Crippen molar-refractivity contribution >= 4 is 11.8 Å². The first-order chi connectivity index (χ1) is 17.1. The Morgan fingerprint density at radius 2 is 1.63 bits per heavy atom. The first-order valence-corrected chi connectivity index (χ1v) is 13.9. The lowest BCUT2D eigenvalue weighted by Gasteiger charge is -2.36. The van der Waals surface area contributed by atoms with Gasteiger partial charge < -0.3 is 14.4 Å². The molecule has 0 N–H and O–H groups in total. The van der Waals surface area contributed by atoms with Crippen LogP contribution in [0.1, 0.15) is 95.7 Å². The maximum atomic E-state index is 13.8. The van der Waals surface area contributed by atoms with Crippen LogP contribution in [-0.4, -0.2) is 45.3 Å². The van der Waals surface area contributed by atoms with Crippen LogP contribution in [-0.2, 0) is 22.7 Å². The number of aromatic nitrogens is 1. The van der Waals surface area contributed by atoms with Crippen molar-refractivity contribution in [1.29, 1.82) is 0 Å². The lowest BCUT2D eigenvalue weighted by atomic mass is 9.94. The maximum Gasteiger partial charge on any atom is 0.242 e. The molecule has 5 heteroatoms. The monoisotopic (exact) mass is 479 g/mol. The number of carbonyl (C=O) groups is 2. The van der Waals surface area contributed by atoms with Gasteiger partial charge in [-0.2, -0.15) is 0 Å². The molecule has 0 atom stereocenters. The number of amides is 2. The van der Waals surface area contributed by atoms with Gasteiger partial charge in [0, 0.05) is 37.4 Å². The first kappa shape index (κ1) is 27.0. The topological polar surface area (TPSA) is 45.6 Å². The Morgan fingerprint density at radius 3 is 2.34 bits per heavy atom. The van der Waals surface area contributed by atoms with Gasteiger partial charge >= 0.3 is 0 Å². The average Bonchev–Trinajstić information content (AvgIpc) is 3.32. The predicted molar refractivity (Wildman–Crippen MR) is 143 cm³/mol. The second kappa shape index (κ2) is 14.8. The van der Waals surface area contributed by atoms with Crippen molar-refractivity contribution in [2.24, 2.45) is 0 Å². The highest BCUT2D eigenvalue weighted by atomic mass is 16.2. The van der Waals surface area contributed by atoms with Crippen LogP contribution in [0.4, 0.5) is 0 Å². The van der Waals surface area contributed by atoms with Gasteiger partial charge in [0.15, 0.2) is 0 Å². The van der Waals surface area contributed by atoms with Crippen LogP contribution in [0, 0.1) is 0 Å². The molecule has 2 amide bonds. The predicted octanol–water partition coefficient (Wildman–Crippen LogP) is 6.41. The smallest absolute Gasteiger partial charge is 0.242 e. The van der Waals surface area contributed by atoms with Gasteiger partial charge in [0.05, 0.1) is 13.1 Å². The van der Waals surface area contributed by atoms with Crippen molar-refractivity contribution in [1.82, 2.24) is 14.4 Å². The van der Waals surface area contributed by atoms with Crippen molar-refractivity contribution in [2.45, 2.75) is 104 Å². The van der Waals surface area contributed by atoms with Crippen molar-refractivity contribution in [2.75, 3.05) is 13.1 Å². The number of nitrogens with zero attached hydrogens (tertiary/aromatic N) is 3. The molecule has 1 fully saturated rings. The molecule has 0 bridgehead atoms. The molecule has 1 aromatic carbocycles. The maximum absolute atomic E-state index is 13.8. The summed E-state index contributed by atoms with van der Waals surface area (Å²) in [5.41, 5.74) is 2.41. The molecule has 35 heavy (non-hydrogen) atoms. The zero-order chi connectivity index (χ0) is 24.9. The summed E-state index contributed by atoms with van der Waals surface area (Å²) < 4.78 is 2.25. The Morgan fingerprint density at radius 1 is 0.886 bits per heavy atom. The number of carbonyl (C=O) groups excluding carboxylic acids is 2. The molecular formula is C30H45N3O2. The average molecular weight is 480 g/mol. The molecule has 0 spiro atoms. The zero-order valence-corrected chi connectivity index (χ0v) is 22.0. The van der Waals surface area contributed by atoms with Gasteiger partial charge in [-0.25, -0.2) is 0 Å². The Hall–Kier alpha value is -2.56. The summed E-state index contributed by atoms with van der Waals surface area (Å²) in [6.07, 6.45) is 13.4. The van der Waals surface area contributed by atoms with Crippen LogP contribution in [0.5, 0.6) is 0 Å². The second-order valence-corrected chi connectivity index (χ2v) is 10.1. The summed E-state index contributed by atoms with van der Waals surface area (Å²) in [5, 5.41) is 0. The normalized spacial score (nSPS) is 14.1. The van der Waals surface area contributed by atoms with E-state index in [0.717, 1.165) is 57.2 Å². The molecule has 2 aromatic rings. The molecule has 5 nitrogen and oxygen atoms in total. The van der Waals surface area contributed by atoms with Crippen molar-refractivity contribution in [3.05, 3.63) is 59.9 Å². The van der Waals surface area contributed by atoms with E-state index in [-0.39, 0.29) is 24.4 Å².